The van der Waals surface area contributed by atoms with Gasteiger partial charge in [0.25, 0.3) is 0 Å². The molecule has 0 bridgehead atoms. The van der Waals surface area contributed by atoms with Crippen LogP contribution in [-0.2, 0) is 18.9 Å². The molecule has 2 fully saturated rings. The summed E-state index contributed by atoms with van der Waals surface area (Å²) in [6.45, 7) is 5.33. The maximum absolute atomic E-state index is 9.80. The van der Waals surface area contributed by atoms with Crippen molar-refractivity contribution in [2.45, 2.75) is 26.1 Å². The highest BCUT2D eigenvalue weighted by Crippen LogP contribution is 2.09. The summed E-state index contributed by atoms with van der Waals surface area (Å²) in [6.07, 6.45) is 0.0370. The van der Waals surface area contributed by atoms with E-state index in [0.29, 0.717) is 32.2 Å². The zero-order chi connectivity index (χ0) is 9.68. The molecule has 0 aromatic carbocycles. The highest BCUT2D eigenvalue weighted by atomic mass is 16.8. The molecule has 0 N–H and O–H groups in total. The fourth-order valence-electron chi connectivity index (χ4n) is 0.817. The molecule has 5 heteroatoms. The van der Waals surface area contributed by atoms with Gasteiger partial charge in [0.05, 0.1) is 12.2 Å². The highest BCUT2D eigenvalue weighted by Gasteiger charge is 2.18. The van der Waals surface area contributed by atoms with Crippen LogP contribution in [0.25, 0.3) is 0 Å². The van der Waals surface area contributed by atoms with Crippen LogP contribution in [0.4, 0.5) is 4.79 Å². The molecule has 2 rings (SSSR count). The molecule has 2 heterocycles. The summed E-state index contributed by atoms with van der Waals surface area (Å²) in [5.41, 5.74) is 0. The van der Waals surface area contributed by atoms with Crippen molar-refractivity contribution in [1.82, 2.24) is 0 Å². The van der Waals surface area contributed by atoms with Crippen molar-refractivity contribution >= 4 is 6.16 Å². The molecule has 0 saturated carbocycles. The largest absolute Gasteiger partial charge is 0.508 e. The van der Waals surface area contributed by atoms with Crippen molar-refractivity contribution < 1.29 is 23.7 Å². The maximum Gasteiger partial charge on any atom is 0.508 e. The molecule has 5 nitrogen and oxygen atoms in total. The van der Waals surface area contributed by atoms with E-state index < -0.39 is 6.16 Å². The van der Waals surface area contributed by atoms with Gasteiger partial charge in [0.2, 0.25) is 0 Å². The summed E-state index contributed by atoms with van der Waals surface area (Å²) in [7, 11) is 0. The third kappa shape index (κ3) is 3.61. The van der Waals surface area contributed by atoms with E-state index in [1.54, 1.807) is 0 Å². The Morgan fingerprint density at radius 2 is 1.54 bits per heavy atom. The first-order chi connectivity index (χ1) is 6.20. The smallest absolute Gasteiger partial charge is 0.431 e. The molecule has 0 aliphatic carbocycles. The molecule has 2 saturated heterocycles. The number of cyclic esters (lactones) is 2. The Labute approximate surface area is 76.9 Å². The molecule has 0 aromatic heterocycles. The van der Waals surface area contributed by atoms with Crippen LogP contribution in [0.15, 0.2) is 0 Å². The number of rotatable bonds is 0. The lowest BCUT2D eigenvalue weighted by Crippen LogP contribution is -2.13. The van der Waals surface area contributed by atoms with Crippen LogP contribution in [0.3, 0.4) is 0 Å². The van der Waals surface area contributed by atoms with Crippen molar-refractivity contribution in [2.24, 2.45) is 0 Å². The molecule has 13 heavy (non-hydrogen) atoms. The third-order valence-electron chi connectivity index (χ3n) is 1.85. The van der Waals surface area contributed by atoms with Gasteiger partial charge in [-0.25, -0.2) is 4.79 Å². The van der Waals surface area contributed by atoms with E-state index in [-0.39, 0.29) is 0 Å². The van der Waals surface area contributed by atoms with E-state index >= 15 is 0 Å². The van der Waals surface area contributed by atoms with Crippen LogP contribution in [0, 0.1) is 0 Å². The van der Waals surface area contributed by atoms with Crippen LogP contribution >= 0.6 is 0 Å². The number of ether oxygens (including phenoxy) is 4. The van der Waals surface area contributed by atoms with Gasteiger partial charge in [-0.3, -0.25) is 0 Å². The average Bonchev–Trinajstić information content (AvgIpc) is 2.67. The Bertz CT molecular complexity index is 154. The molecule has 76 valence electrons. The van der Waals surface area contributed by atoms with Gasteiger partial charge in [-0.15, -0.1) is 0 Å². The van der Waals surface area contributed by atoms with E-state index in [1.165, 1.54) is 0 Å². The van der Waals surface area contributed by atoms with Gasteiger partial charge in [0, 0.05) is 0 Å². The predicted molar refractivity (Wildman–Crippen MR) is 43.3 cm³/mol. The number of hydrogen-bond donors (Lipinski definition) is 0. The van der Waals surface area contributed by atoms with E-state index in [9.17, 15) is 4.79 Å². The Kier molecular flexibility index (Phi) is 3.98. The van der Waals surface area contributed by atoms with E-state index in [0.717, 1.165) is 0 Å². The Morgan fingerprint density at radius 1 is 1.08 bits per heavy atom. The number of hydrogen-bond acceptors (Lipinski definition) is 5. The summed E-state index contributed by atoms with van der Waals surface area (Å²) in [6, 6.07) is 0. The minimum atomic E-state index is -0.546. The van der Waals surface area contributed by atoms with Gasteiger partial charge < -0.3 is 18.9 Å². The minimum absolute atomic E-state index is 0.292. The summed E-state index contributed by atoms with van der Waals surface area (Å²) in [4.78, 5) is 9.80. The van der Waals surface area contributed by atoms with Crippen molar-refractivity contribution in [3.63, 3.8) is 0 Å². The van der Waals surface area contributed by atoms with E-state index in [4.69, 9.17) is 9.47 Å². The summed E-state index contributed by atoms with van der Waals surface area (Å²) < 4.78 is 18.7. The molecule has 2 atom stereocenters. The van der Waals surface area contributed by atoms with E-state index in [1.807, 2.05) is 13.8 Å². The first kappa shape index (κ1) is 10.3. The maximum atomic E-state index is 9.80. The fourth-order valence-corrected chi connectivity index (χ4v) is 0.817. The summed E-state index contributed by atoms with van der Waals surface area (Å²) >= 11 is 0. The molecule has 2 aliphatic rings. The lowest BCUT2D eigenvalue weighted by molar-refractivity contribution is 0.0432. The fraction of sp³-hybridized carbons (Fsp3) is 0.875. The van der Waals surface area contributed by atoms with Gasteiger partial charge in [-0.2, -0.15) is 0 Å². The highest BCUT2D eigenvalue weighted by molar-refractivity contribution is 5.61. The SMILES string of the molecule is CC1OCOC1C.O=C1OCCO1. The number of carbonyl (C=O) groups is 1. The lowest BCUT2D eigenvalue weighted by Gasteiger charge is -2.02. The third-order valence-corrected chi connectivity index (χ3v) is 1.85. The topological polar surface area (TPSA) is 54.0 Å². The molecule has 2 unspecified atom stereocenters. The average molecular weight is 190 g/mol. The first-order valence-corrected chi connectivity index (χ1v) is 4.23. The second-order valence-electron chi connectivity index (χ2n) is 2.81. The van der Waals surface area contributed by atoms with Crippen molar-refractivity contribution in [3.8, 4) is 0 Å². The summed E-state index contributed by atoms with van der Waals surface area (Å²) in [5.74, 6) is 0. The quantitative estimate of drug-likeness (QED) is 0.531. The van der Waals surface area contributed by atoms with Gasteiger partial charge >= 0.3 is 6.16 Å². The Morgan fingerprint density at radius 3 is 1.69 bits per heavy atom. The van der Waals surface area contributed by atoms with Gasteiger partial charge in [-0.05, 0) is 13.8 Å². The van der Waals surface area contributed by atoms with Crippen LogP contribution in [-0.4, -0.2) is 38.4 Å². The number of carbonyl (C=O) groups excluding carboxylic acids is 1. The molecular weight excluding hydrogens is 176 g/mol. The van der Waals surface area contributed by atoms with Crippen LogP contribution in [0.2, 0.25) is 0 Å². The van der Waals surface area contributed by atoms with Crippen LogP contribution < -0.4 is 0 Å². The minimum Gasteiger partial charge on any atom is -0.431 e. The lowest BCUT2D eigenvalue weighted by atomic mass is 10.3. The molecule has 0 radical (unpaired) electrons. The normalized spacial score (nSPS) is 31.7. The second kappa shape index (κ2) is 5.04. The molecule has 2 aliphatic heterocycles. The zero-order valence-electron chi connectivity index (χ0n) is 7.82. The standard InChI is InChI=1S/C5H10O2.C3H4O3/c1-4-5(2)7-3-6-4;4-3-5-1-2-6-3/h4-5H,3H2,1-2H3;1-2H2. The van der Waals surface area contributed by atoms with Crippen molar-refractivity contribution in [3.05, 3.63) is 0 Å². The van der Waals surface area contributed by atoms with Crippen LogP contribution in [0.1, 0.15) is 13.8 Å². The molecule has 0 aromatic rings. The monoisotopic (exact) mass is 190 g/mol. The Balaban J connectivity index is 0.000000132. The second-order valence-corrected chi connectivity index (χ2v) is 2.81. The molecular formula is C8H14O5. The predicted octanol–water partition coefficient (Wildman–Crippen LogP) is 0.921. The van der Waals surface area contributed by atoms with Gasteiger partial charge in [-0.1, -0.05) is 0 Å². The zero-order valence-corrected chi connectivity index (χ0v) is 7.82. The molecule has 0 spiro atoms. The van der Waals surface area contributed by atoms with Crippen molar-refractivity contribution in [1.29, 1.82) is 0 Å². The van der Waals surface area contributed by atoms with Crippen LogP contribution in [0.5, 0.6) is 0 Å². The van der Waals surface area contributed by atoms with Gasteiger partial charge in [0.1, 0.15) is 20.0 Å². The van der Waals surface area contributed by atoms with E-state index in [2.05, 4.69) is 9.47 Å². The van der Waals surface area contributed by atoms with Crippen molar-refractivity contribution in [2.75, 3.05) is 20.0 Å². The van der Waals surface area contributed by atoms with Gasteiger partial charge in [0.15, 0.2) is 0 Å². The molecule has 0 amide bonds. The summed E-state index contributed by atoms with van der Waals surface area (Å²) in [5, 5.41) is 0. The Hall–Kier alpha value is -0.810. The first-order valence-electron chi connectivity index (χ1n) is 4.23.